The lowest BCUT2D eigenvalue weighted by atomic mass is 9.79. The highest BCUT2D eigenvalue weighted by Crippen LogP contribution is 2.44. The molecule has 0 spiro atoms. The first-order chi connectivity index (χ1) is 16.8. The fourth-order valence-electron chi connectivity index (χ4n) is 4.92. The zero-order valence-corrected chi connectivity index (χ0v) is 21.0. The summed E-state index contributed by atoms with van der Waals surface area (Å²) < 4.78 is 5.61. The minimum atomic E-state index is -1.32. The number of hydrogen-bond acceptors (Lipinski definition) is 4. The Labute approximate surface area is 207 Å². The van der Waals surface area contributed by atoms with Crippen molar-refractivity contribution in [1.82, 2.24) is 10.6 Å². The minimum Gasteiger partial charge on any atom is -0.480 e. The second-order valence-corrected chi connectivity index (χ2v) is 9.22. The molecule has 2 aromatic rings. The van der Waals surface area contributed by atoms with Crippen LogP contribution in [0.5, 0.6) is 0 Å². The van der Waals surface area contributed by atoms with E-state index in [0.717, 1.165) is 22.3 Å². The van der Waals surface area contributed by atoms with Gasteiger partial charge in [0, 0.05) is 12.5 Å². The van der Waals surface area contributed by atoms with Crippen LogP contribution in [0.1, 0.15) is 70.4 Å². The molecule has 0 radical (unpaired) electrons. The zero-order chi connectivity index (χ0) is 25.6. The van der Waals surface area contributed by atoms with Gasteiger partial charge in [-0.05, 0) is 47.9 Å². The monoisotopic (exact) mass is 480 g/mol. The van der Waals surface area contributed by atoms with E-state index in [1.165, 1.54) is 0 Å². The number of rotatable bonds is 11. The lowest BCUT2D eigenvalue weighted by Gasteiger charge is -2.36. The van der Waals surface area contributed by atoms with E-state index in [-0.39, 0.29) is 37.8 Å². The first kappa shape index (κ1) is 26.3. The van der Waals surface area contributed by atoms with Crippen molar-refractivity contribution in [1.29, 1.82) is 0 Å². The van der Waals surface area contributed by atoms with E-state index in [0.29, 0.717) is 12.8 Å². The maximum Gasteiger partial charge on any atom is 0.407 e. The van der Waals surface area contributed by atoms with Gasteiger partial charge < -0.3 is 20.5 Å². The van der Waals surface area contributed by atoms with Gasteiger partial charge >= 0.3 is 12.1 Å². The van der Waals surface area contributed by atoms with Crippen molar-refractivity contribution >= 4 is 18.0 Å². The van der Waals surface area contributed by atoms with Gasteiger partial charge in [0.2, 0.25) is 5.91 Å². The number of nitrogens with one attached hydrogen (secondary N) is 2. The molecule has 0 fully saturated rings. The third-order valence-electron chi connectivity index (χ3n) is 7.72. The molecule has 0 saturated heterocycles. The normalized spacial score (nSPS) is 13.0. The number of ether oxygens (including phenoxy) is 1. The Hall–Kier alpha value is -3.35. The maximum absolute atomic E-state index is 13.3. The highest BCUT2D eigenvalue weighted by atomic mass is 16.5. The van der Waals surface area contributed by atoms with Crippen LogP contribution in [0, 0.1) is 5.41 Å². The molecule has 2 amide bonds. The zero-order valence-electron chi connectivity index (χ0n) is 21.0. The highest BCUT2D eigenvalue weighted by molar-refractivity contribution is 5.90. The van der Waals surface area contributed by atoms with Crippen molar-refractivity contribution in [2.75, 3.05) is 13.2 Å². The van der Waals surface area contributed by atoms with Gasteiger partial charge in [-0.25, -0.2) is 9.59 Å². The van der Waals surface area contributed by atoms with Gasteiger partial charge in [0.15, 0.2) is 0 Å². The molecule has 1 aliphatic carbocycles. The molecule has 3 rings (SSSR count). The number of carboxylic acid groups (broad SMARTS) is 1. The van der Waals surface area contributed by atoms with Crippen LogP contribution >= 0.6 is 0 Å². The molecule has 0 atom stereocenters. The quantitative estimate of drug-likeness (QED) is 0.415. The van der Waals surface area contributed by atoms with E-state index >= 15 is 0 Å². The number of hydrogen-bond donors (Lipinski definition) is 3. The number of carboxylic acids is 1. The standard InChI is InChI=1S/C28H36N2O5/c1-5-27(6-2,24(31)30-28(7-3,8-4)25(32)33)18-29-26(34)35-17-23-21-15-11-9-13-19(21)20-14-10-12-16-22(20)23/h9-16,23H,5-8,17-18H2,1-4H3,(H,29,34)(H,30,31)(H,32,33). The maximum atomic E-state index is 13.3. The first-order valence-electron chi connectivity index (χ1n) is 12.4. The summed E-state index contributed by atoms with van der Waals surface area (Å²) in [5.74, 6) is -1.47. The smallest absolute Gasteiger partial charge is 0.407 e. The Morgan fingerprint density at radius 3 is 1.83 bits per heavy atom. The van der Waals surface area contributed by atoms with Gasteiger partial charge in [-0.2, -0.15) is 0 Å². The molecule has 0 saturated carbocycles. The SMILES string of the molecule is CCC(CC)(CNC(=O)OCC1c2ccccc2-c2ccccc21)C(=O)NC(CC)(CC)C(=O)O. The number of aliphatic carboxylic acids is 1. The van der Waals surface area contributed by atoms with Crippen LogP contribution in [-0.4, -0.2) is 41.8 Å². The number of benzene rings is 2. The summed E-state index contributed by atoms with van der Waals surface area (Å²) in [4.78, 5) is 37.8. The second kappa shape index (κ2) is 10.9. The molecule has 1 aliphatic rings. The molecule has 7 nitrogen and oxygen atoms in total. The lowest BCUT2D eigenvalue weighted by Crippen LogP contribution is -2.59. The number of alkyl carbamates (subject to hydrolysis) is 1. The van der Waals surface area contributed by atoms with Crippen molar-refractivity contribution < 1.29 is 24.2 Å². The Kier molecular flexibility index (Phi) is 8.20. The molecule has 0 heterocycles. The minimum absolute atomic E-state index is 0.0520. The van der Waals surface area contributed by atoms with Crippen molar-refractivity contribution in [2.24, 2.45) is 5.41 Å². The molecule has 35 heavy (non-hydrogen) atoms. The van der Waals surface area contributed by atoms with Crippen LogP contribution in [0.4, 0.5) is 4.79 Å². The Morgan fingerprint density at radius 1 is 0.857 bits per heavy atom. The van der Waals surface area contributed by atoms with Crippen molar-refractivity contribution in [2.45, 2.75) is 64.8 Å². The molecule has 0 aromatic heterocycles. The highest BCUT2D eigenvalue weighted by Gasteiger charge is 2.43. The molecule has 188 valence electrons. The van der Waals surface area contributed by atoms with Crippen molar-refractivity contribution in [3.8, 4) is 11.1 Å². The predicted octanol–water partition coefficient (Wildman–Crippen LogP) is 5.09. The van der Waals surface area contributed by atoms with Gasteiger partial charge in [-0.3, -0.25) is 4.79 Å². The first-order valence-corrected chi connectivity index (χ1v) is 12.4. The second-order valence-electron chi connectivity index (χ2n) is 9.22. The topological polar surface area (TPSA) is 105 Å². The number of fused-ring (bicyclic) bond motifs is 3. The molecular formula is C28H36N2O5. The number of amides is 2. The molecule has 2 aromatic carbocycles. The molecule has 0 unspecified atom stereocenters. The number of carbonyl (C=O) groups is 3. The number of carbonyl (C=O) groups excluding carboxylic acids is 2. The van der Waals surface area contributed by atoms with E-state index in [4.69, 9.17) is 4.74 Å². The fraction of sp³-hybridized carbons (Fsp3) is 0.464. The van der Waals surface area contributed by atoms with Crippen molar-refractivity contribution in [3.63, 3.8) is 0 Å². The third kappa shape index (κ3) is 5.04. The Bertz CT molecular complexity index is 1030. The van der Waals surface area contributed by atoms with Crippen LogP contribution in [0.25, 0.3) is 11.1 Å². The Morgan fingerprint density at radius 2 is 1.37 bits per heavy atom. The summed E-state index contributed by atoms with van der Waals surface area (Å²) >= 11 is 0. The van der Waals surface area contributed by atoms with Crippen LogP contribution in [0.2, 0.25) is 0 Å². The predicted molar refractivity (Wildman–Crippen MR) is 135 cm³/mol. The molecule has 7 heteroatoms. The summed E-state index contributed by atoms with van der Waals surface area (Å²) in [5.41, 5.74) is 2.30. The van der Waals surface area contributed by atoms with E-state index in [9.17, 15) is 19.5 Å². The van der Waals surface area contributed by atoms with E-state index < -0.39 is 23.0 Å². The van der Waals surface area contributed by atoms with E-state index in [1.807, 2.05) is 38.1 Å². The van der Waals surface area contributed by atoms with Gasteiger partial charge in [0.25, 0.3) is 0 Å². The van der Waals surface area contributed by atoms with Gasteiger partial charge in [0.1, 0.15) is 12.1 Å². The van der Waals surface area contributed by atoms with Gasteiger partial charge in [-0.15, -0.1) is 0 Å². The summed E-state index contributed by atoms with van der Waals surface area (Å²) in [6.07, 6.45) is 0.841. The Balaban J connectivity index is 1.66. The van der Waals surface area contributed by atoms with Crippen molar-refractivity contribution in [3.05, 3.63) is 59.7 Å². The van der Waals surface area contributed by atoms with Crippen LogP contribution in [0.15, 0.2) is 48.5 Å². The molecule has 0 bridgehead atoms. The summed E-state index contributed by atoms with van der Waals surface area (Å²) in [6.45, 7) is 7.46. The average Bonchev–Trinajstić information content (AvgIpc) is 3.20. The molecule has 0 aliphatic heterocycles. The average molecular weight is 481 g/mol. The summed E-state index contributed by atoms with van der Waals surface area (Å²) in [5, 5.41) is 15.2. The summed E-state index contributed by atoms with van der Waals surface area (Å²) in [7, 11) is 0. The van der Waals surface area contributed by atoms with Crippen LogP contribution in [-0.2, 0) is 14.3 Å². The van der Waals surface area contributed by atoms with E-state index in [2.05, 4.69) is 34.9 Å². The van der Waals surface area contributed by atoms with Gasteiger partial charge in [-0.1, -0.05) is 76.2 Å². The van der Waals surface area contributed by atoms with Gasteiger partial charge in [0.05, 0.1) is 5.41 Å². The summed E-state index contributed by atoms with van der Waals surface area (Å²) in [6, 6.07) is 16.2. The largest absolute Gasteiger partial charge is 0.480 e. The van der Waals surface area contributed by atoms with E-state index in [1.54, 1.807) is 13.8 Å². The van der Waals surface area contributed by atoms with Crippen LogP contribution < -0.4 is 10.6 Å². The fourth-order valence-corrected chi connectivity index (χ4v) is 4.92. The molecular weight excluding hydrogens is 444 g/mol. The molecule has 3 N–H and O–H groups in total. The van der Waals surface area contributed by atoms with Crippen LogP contribution in [0.3, 0.4) is 0 Å². The lowest BCUT2D eigenvalue weighted by molar-refractivity contribution is -0.150. The third-order valence-corrected chi connectivity index (χ3v) is 7.72.